The zero-order valence-corrected chi connectivity index (χ0v) is 19.6. The molecule has 0 spiro atoms. The first-order valence-corrected chi connectivity index (χ1v) is 12.0. The molecule has 6 rings (SSSR count). The van der Waals surface area contributed by atoms with Crippen molar-refractivity contribution in [2.45, 2.75) is 50.6 Å². The van der Waals surface area contributed by atoms with Crippen LogP contribution in [0.4, 0.5) is 0 Å². The largest absolute Gasteiger partial charge is 0.388 e. The number of ether oxygens (including phenoxy) is 3. The van der Waals surface area contributed by atoms with Crippen molar-refractivity contribution < 1.29 is 19.3 Å². The van der Waals surface area contributed by atoms with Crippen LogP contribution in [0.3, 0.4) is 0 Å². The summed E-state index contributed by atoms with van der Waals surface area (Å²) in [7, 11) is 0. The normalized spacial score (nSPS) is 29.3. The molecule has 2 aliphatic heterocycles. The van der Waals surface area contributed by atoms with Crippen molar-refractivity contribution in [1.29, 1.82) is 0 Å². The van der Waals surface area contributed by atoms with Gasteiger partial charge in [-0.15, -0.1) is 11.3 Å². The van der Waals surface area contributed by atoms with E-state index in [1.165, 1.54) is 0 Å². The van der Waals surface area contributed by atoms with Gasteiger partial charge in [0.05, 0.1) is 33.6 Å². The Bertz CT molecular complexity index is 1320. The van der Waals surface area contributed by atoms with Crippen molar-refractivity contribution in [2.24, 2.45) is 5.73 Å². The average Bonchev–Trinajstić information content (AvgIpc) is 3.42. The van der Waals surface area contributed by atoms with Gasteiger partial charge in [0.15, 0.2) is 12.1 Å². The Kier molecular flexibility index (Phi) is 5.44. The number of nitrogens with two attached hydrogens (primary N) is 1. The lowest BCUT2D eigenvalue weighted by molar-refractivity contribution is -0.309. The first-order chi connectivity index (χ1) is 16.5. The van der Waals surface area contributed by atoms with E-state index in [0.717, 1.165) is 26.5 Å². The molecule has 10 heteroatoms. The zero-order valence-electron chi connectivity index (χ0n) is 18.7. The summed E-state index contributed by atoms with van der Waals surface area (Å²) in [6.07, 6.45) is -3.33. The maximum absolute atomic E-state index is 11.2. The molecule has 4 aromatic rings. The number of aliphatic hydroxyl groups excluding tert-OH is 1. The lowest BCUT2D eigenvalue weighted by Crippen LogP contribution is -2.62. The molecule has 9 nitrogen and oxygen atoms in total. The van der Waals surface area contributed by atoms with Crippen molar-refractivity contribution in [3.63, 3.8) is 0 Å². The molecule has 2 saturated heterocycles. The number of nitrogens with zero attached hydrogens (tertiary/aromatic N) is 4. The highest BCUT2D eigenvalue weighted by Crippen LogP contribution is 2.38. The second kappa shape index (κ2) is 8.49. The third-order valence-electron chi connectivity index (χ3n) is 6.25. The van der Waals surface area contributed by atoms with E-state index in [-0.39, 0.29) is 0 Å². The number of thiazole rings is 1. The summed E-state index contributed by atoms with van der Waals surface area (Å²) >= 11 is 1.62. The van der Waals surface area contributed by atoms with Crippen LogP contribution in [0.5, 0.6) is 0 Å². The summed E-state index contributed by atoms with van der Waals surface area (Å²) in [6.45, 7) is 4.08. The smallest absolute Gasteiger partial charge is 0.184 e. The molecular formula is C24H25N5O4S. The Labute approximate surface area is 200 Å². The predicted octanol–water partition coefficient (Wildman–Crippen LogP) is 2.74. The summed E-state index contributed by atoms with van der Waals surface area (Å²) in [4.78, 5) is 9.12. The van der Waals surface area contributed by atoms with Crippen molar-refractivity contribution in [2.75, 3.05) is 6.61 Å². The van der Waals surface area contributed by atoms with E-state index in [9.17, 15) is 5.11 Å². The van der Waals surface area contributed by atoms with Gasteiger partial charge in [-0.3, -0.25) is 0 Å². The van der Waals surface area contributed by atoms with Crippen LogP contribution in [0.1, 0.15) is 34.6 Å². The Balaban J connectivity index is 1.30. The summed E-state index contributed by atoms with van der Waals surface area (Å²) in [5.74, 6) is 1.06. The van der Waals surface area contributed by atoms with Gasteiger partial charge in [-0.1, -0.05) is 30.3 Å². The Morgan fingerprint density at radius 1 is 1.09 bits per heavy atom. The molecule has 0 amide bonds. The van der Waals surface area contributed by atoms with E-state index in [1.807, 2.05) is 62.4 Å². The van der Waals surface area contributed by atoms with Gasteiger partial charge in [-0.25, -0.2) is 14.6 Å². The van der Waals surface area contributed by atoms with E-state index < -0.39 is 36.7 Å². The van der Waals surface area contributed by atoms with Crippen LogP contribution in [-0.2, 0) is 14.2 Å². The van der Waals surface area contributed by atoms with Gasteiger partial charge in [0.25, 0.3) is 0 Å². The number of fused-ring (bicyclic) bond motifs is 2. The molecule has 0 saturated carbocycles. The molecule has 0 radical (unpaired) electrons. The number of hydrogen-bond donors (Lipinski definition) is 2. The van der Waals surface area contributed by atoms with Crippen LogP contribution in [0, 0.1) is 13.8 Å². The van der Waals surface area contributed by atoms with Crippen LogP contribution < -0.4 is 5.73 Å². The number of aliphatic hydroxyl groups is 1. The number of hydrogen-bond acceptors (Lipinski definition) is 9. The van der Waals surface area contributed by atoms with E-state index in [1.54, 1.807) is 16.0 Å². The molecule has 0 bridgehead atoms. The Morgan fingerprint density at radius 3 is 2.74 bits per heavy atom. The van der Waals surface area contributed by atoms with Gasteiger partial charge < -0.3 is 25.1 Å². The van der Waals surface area contributed by atoms with Crippen LogP contribution >= 0.6 is 11.3 Å². The minimum absolute atomic E-state index is 0.292. The first kappa shape index (κ1) is 21.8. The molecule has 2 aromatic carbocycles. The standard InChI is InChI=1S/C24H25N5O4S/c1-12-26-23(29(28-12)15-8-9-16-18(10-15)34-13(2)27-16)22-20(30)19(25)21-17(32-22)11-31-24(33-21)14-6-4-3-5-7-14/h3-10,17,19-22,24,30H,11,25H2,1-2H3/t17?,19?,20?,21-,22+,24?/m0/s1. The minimum Gasteiger partial charge on any atom is -0.388 e. The van der Waals surface area contributed by atoms with Gasteiger partial charge in [-0.05, 0) is 32.0 Å². The molecule has 2 fully saturated rings. The average molecular weight is 480 g/mol. The highest BCUT2D eigenvalue weighted by molar-refractivity contribution is 7.18. The number of aryl methyl sites for hydroxylation is 2. The van der Waals surface area contributed by atoms with Crippen LogP contribution in [0.2, 0.25) is 0 Å². The summed E-state index contributed by atoms with van der Waals surface area (Å²) in [5, 5.41) is 16.8. The summed E-state index contributed by atoms with van der Waals surface area (Å²) in [6, 6.07) is 14.9. The van der Waals surface area contributed by atoms with Crippen molar-refractivity contribution >= 4 is 21.6 Å². The summed E-state index contributed by atoms with van der Waals surface area (Å²) < 4.78 is 21.1. The second-order valence-corrected chi connectivity index (χ2v) is 9.89. The maximum Gasteiger partial charge on any atom is 0.184 e. The molecule has 2 aromatic heterocycles. The van der Waals surface area contributed by atoms with E-state index in [0.29, 0.717) is 18.3 Å². The fourth-order valence-corrected chi connectivity index (χ4v) is 5.49. The molecule has 4 heterocycles. The molecule has 0 aliphatic carbocycles. The highest BCUT2D eigenvalue weighted by Gasteiger charge is 2.49. The van der Waals surface area contributed by atoms with E-state index >= 15 is 0 Å². The number of rotatable bonds is 3. The lowest BCUT2D eigenvalue weighted by Gasteiger charge is -2.46. The molecule has 176 valence electrons. The molecule has 2 aliphatic rings. The van der Waals surface area contributed by atoms with E-state index in [4.69, 9.17) is 19.9 Å². The number of benzene rings is 2. The Morgan fingerprint density at radius 2 is 1.91 bits per heavy atom. The van der Waals surface area contributed by atoms with Gasteiger partial charge in [-0.2, -0.15) is 5.10 Å². The van der Waals surface area contributed by atoms with Crippen LogP contribution in [0.15, 0.2) is 48.5 Å². The van der Waals surface area contributed by atoms with Gasteiger partial charge >= 0.3 is 0 Å². The SMILES string of the molecule is Cc1nc([C@@H]2OC3COC(c4ccccc4)O[C@@H]3C(N)C2O)n(-c2ccc3nc(C)sc3c2)n1. The maximum atomic E-state index is 11.2. The van der Waals surface area contributed by atoms with E-state index in [2.05, 4.69) is 15.1 Å². The molecular weight excluding hydrogens is 454 g/mol. The summed E-state index contributed by atoms with van der Waals surface area (Å²) in [5.41, 5.74) is 9.15. The topological polar surface area (TPSA) is 118 Å². The fourth-order valence-electron chi connectivity index (χ4n) is 4.63. The molecule has 3 N–H and O–H groups in total. The third-order valence-corrected chi connectivity index (χ3v) is 7.19. The highest BCUT2D eigenvalue weighted by atomic mass is 32.1. The molecule has 6 atom stereocenters. The van der Waals surface area contributed by atoms with Gasteiger partial charge in [0.1, 0.15) is 30.2 Å². The second-order valence-electron chi connectivity index (χ2n) is 8.65. The quantitative estimate of drug-likeness (QED) is 0.461. The first-order valence-electron chi connectivity index (χ1n) is 11.2. The fraction of sp³-hybridized carbons (Fsp3) is 0.375. The minimum atomic E-state index is -1.03. The van der Waals surface area contributed by atoms with Crippen LogP contribution in [0.25, 0.3) is 15.9 Å². The third kappa shape index (κ3) is 3.72. The van der Waals surface area contributed by atoms with Gasteiger partial charge in [0, 0.05) is 5.56 Å². The van der Waals surface area contributed by atoms with Crippen LogP contribution in [-0.4, -0.2) is 55.8 Å². The van der Waals surface area contributed by atoms with Crippen molar-refractivity contribution in [3.8, 4) is 5.69 Å². The molecule has 34 heavy (non-hydrogen) atoms. The zero-order chi connectivity index (χ0) is 23.4. The van der Waals surface area contributed by atoms with Crippen molar-refractivity contribution in [3.05, 3.63) is 70.8 Å². The number of aromatic nitrogens is 4. The van der Waals surface area contributed by atoms with Crippen molar-refractivity contribution in [1.82, 2.24) is 19.7 Å². The Hall–Kier alpha value is -2.73. The van der Waals surface area contributed by atoms with Gasteiger partial charge in [0.2, 0.25) is 0 Å². The predicted molar refractivity (Wildman–Crippen MR) is 126 cm³/mol. The monoisotopic (exact) mass is 479 g/mol. The lowest BCUT2D eigenvalue weighted by atomic mass is 9.92. The molecule has 4 unspecified atom stereocenters.